The van der Waals surface area contributed by atoms with Crippen molar-refractivity contribution in [2.24, 2.45) is 5.73 Å². The quantitative estimate of drug-likeness (QED) is 0.245. The number of anilines is 2. The first-order valence-electron chi connectivity index (χ1n) is 8.98. The van der Waals surface area contributed by atoms with Crippen LogP contribution in [0.2, 0.25) is 0 Å². The highest BCUT2D eigenvalue weighted by molar-refractivity contribution is 6.33. The highest BCUT2D eigenvalue weighted by atomic mass is 16.3. The van der Waals surface area contributed by atoms with Crippen molar-refractivity contribution in [1.29, 1.82) is 0 Å². The summed E-state index contributed by atoms with van der Waals surface area (Å²) in [5.74, 6) is -1.70. The molecule has 3 rings (SSSR count). The van der Waals surface area contributed by atoms with Gasteiger partial charge in [-0.3, -0.25) is 9.59 Å². The molecule has 0 aliphatic heterocycles. The van der Waals surface area contributed by atoms with Crippen LogP contribution in [0.15, 0.2) is 24.3 Å². The molecule has 0 saturated carbocycles. The molecule has 142 valence electrons. The Bertz CT molecular complexity index is 909. The molecule has 0 amide bonds. The lowest BCUT2D eigenvalue weighted by Crippen LogP contribution is -2.24. The average Bonchev–Trinajstić information content (AvgIpc) is 2.65. The zero-order valence-electron chi connectivity index (χ0n) is 14.9. The number of unbranched alkanes of at least 4 members (excludes halogenated alkanes) is 3. The van der Waals surface area contributed by atoms with E-state index < -0.39 is 11.6 Å². The van der Waals surface area contributed by atoms with Gasteiger partial charge in [-0.2, -0.15) is 0 Å². The summed E-state index contributed by atoms with van der Waals surface area (Å²) in [6.45, 7) is 1.28. The number of phenolic OH excluding ortho intramolecular Hbond substituents is 2. The van der Waals surface area contributed by atoms with Crippen LogP contribution in [0.25, 0.3) is 0 Å². The van der Waals surface area contributed by atoms with E-state index >= 15 is 0 Å². The number of hydrogen-bond donors (Lipinski definition) is 5. The van der Waals surface area contributed by atoms with E-state index in [0.29, 0.717) is 18.8 Å². The van der Waals surface area contributed by atoms with Crippen molar-refractivity contribution in [2.75, 3.05) is 24.1 Å². The number of ketones is 2. The average molecular weight is 369 g/mol. The topological polar surface area (TPSA) is 139 Å². The molecule has 27 heavy (non-hydrogen) atoms. The number of carbonyl (C=O) groups is 2. The molecular formula is C20H23N3O4. The second-order valence-corrected chi connectivity index (χ2v) is 6.59. The van der Waals surface area contributed by atoms with Crippen LogP contribution >= 0.6 is 0 Å². The molecule has 0 atom stereocenters. The van der Waals surface area contributed by atoms with E-state index in [1.54, 1.807) is 6.07 Å². The Morgan fingerprint density at radius 1 is 0.778 bits per heavy atom. The predicted octanol–water partition coefficient (Wildman–Crippen LogP) is 2.39. The minimum absolute atomic E-state index is 0.0651. The van der Waals surface area contributed by atoms with Gasteiger partial charge < -0.3 is 27.0 Å². The third-order valence-electron chi connectivity index (χ3n) is 4.75. The van der Waals surface area contributed by atoms with Crippen molar-refractivity contribution in [3.63, 3.8) is 0 Å². The summed E-state index contributed by atoms with van der Waals surface area (Å²) < 4.78 is 0. The molecule has 1 aliphatic carbocycles. The predicted molar refractivity (Wildman–Crippen MR) is 104 cm³/mol. The van der Waals surface area contributed by atoms with Gasteiger partial charge in [0.2, 0.25) is 11.6 Å². The smallest absolute Gasteiger partial charge is 0.200 e. The van der Waals surface area contributed by atoms with Gasteiger partial charge in [0.1, 0.15) is 11.5 Å². The molecule has 2 aromatic rings. The zero-order valence-corrected chi connectivity index (χ0v) is 14.9. The summed E-state index contributed by atoms with van der Waals surface area (Å²) >= 11 is 0. The van der Waals surface area contributed by atoms with Crippen molar-refractivity contribution < 1.29 is 19.8 Å². The van der Waals surface area contributed by atoms with Gasteiger partial charge in [-0.1, -0.05) is 12.8 Å². The molecule has 0 heterocycles. The first kappa shape index (κ1) is 18.7. The first-order valence-corrected chi connectivity index (χ1v) is 8.98. The molecular weight excluding hydrogens is 346 g/mol. The Hall–Kier alpha value is -3.06. The van der Waals surface area contributed by atoms with Gasteiger partial charge in [0.15, 0.2) is 0 Å². The fraction of sp³-hybridized carbons (Fsp3) is 0.300. The zero-order chi connectivity index (χ0) is 19.6. The van der Waals surface area contributed by atoms with Crippen LogP contribution in [-0.4, -0.2) is 34.9 Å². The van der Waals surface area contributed by atoms with E-state index in [1.807, 2.05) is 0 Å². The molecule has 7 N–H and O–H groups in total. The monoisotopic (exact) mass is 369 g/mol. The number of benzene rings is 2. The number of rotatable bonds is 7. The fourth-order valence-electron chi connectivity index (χ4n) is 3.38. The summed E-state index contributed by atoms with van der Waals surface area (Å²) in [5.41, 5.74) is 11.7. The summed E-state index contributed by atoms with van der Waals surface area (Å²) in [7, 11) is 0. The highest BCUT2D eigenvalue weighted by Crippen LogP contribution is 2.41. The van der Waals surface area contributed by atoms with E-state index in [1.165, 1.54) is 18.2 Å². The van der Waals surface area contributed by atoms with Crippen molar-refractivity contribution in [2.45, 2.75) is 25.7 Å². The SMILES string of the molecule is NCCCCCCNc1ccc(O)c2c1C(=O)c1c(O)ccc(N)c1C2=O. The minimum atomic E-state index is -0.572. The normalized spacial score (nSPS) is 12.6. The number of nitrogen functional groups attached to an aromatic ring is 1. The van der Waals surface area contributed by atoms with Crippen molar-refractivity contribution >= 4 is 22.9 Å². The van der Waals surface area contributed by atoms with Gasteiger partial charge in [-0.15, -0.1) is 0 Å². The molecule has 2 aromatic carbocycles. The number of phenols is 2. The maximum atomic E-state index is 13.0. The molecule has 0 bridgehead atoms. The number of nitrogens with two attached hydrogens (primary N) is 2. The molecule has 7 nitrogen and oxygen atoms in total. The molecule has 7 heteroatoms. The van der Waals surface area contributed by atoms with E-state index in [-0.39, 0.29) is 39.4 Å². The maximum Gasteiger partial charge on any atom is 0.200 e. The Morgan fingerprint density at radius 3 is 2.07 bits per heavy atom. The van der Waals surface area contributed by atoms with Crippen LogP contribution in [0, 0.1) is 0 Å². The maximum absolute atomic E-state index is 13.0. The Kier molecular flexibility index (Phi) is 5.32. The molecule has 0 fully saturated rings. The molecule has 0 saturated heterocycles. The first-order chi connectivity index (χ1) is 13.0. The Labute approximate surface area is 157 Å². The lowest BCUT2D eigenvalue weighted by molar-refractivity contribution is 0.0975. The van der Waals surface area contributed by atoms with Crippen LogP contribution in [-0.2, 0) is 0 Å². The number of carbonyl (C=O) groups excluding carboxylic acids is 2. The number of aromatic hydroxyl groups is 2. The summed E-state index contributed by atoms with van der Waals surface area (Å²) in [5, 5.41) is 23.5. The largest absolute Gasteiger partial charge is 0.507 e. The van der Waals surface area contributed by atoms with Gasteiger partial charge >= 0.3 is 0 Å². The van der Waals surface area contributed by atoms with E-state index in [9.17, 15) is 19.8 Å². The second-order valence-electron chi connectivity index (χ2n) is 6.59. The minimum Gasteiger partial charge on any atom is -0.507 e. The van der Waals surface area contributed by atoms with Gasteiger partial charge in [-0.05, 0) is 43.7 Å². The third-order valence-corrected chi connectivity index (χ3v) is 4.75. The van der Waals surface area contributed by atoms with Crippen LogP contribution < -0.4 is 16.8 Å². The lowest BCUT2D eigenvalue weighted by atomic mass is 9.81. The summed E-state index contributed by atoms with van der Waals surface area (Å²) in [6.07, 6.45) is 3.88. The second kappa shape index (κ2) is 7.67. The van der Waals surface area contributed by atoms with Gasteiger partial charge in [0, 0.05) is 17.9 Å². The van der Waals surface area contributed by atoms with Crippen molar-refractivity contribution in [3.8, 4) is 11.5 Å². The van der Waals surface area contributed by atoms with Gasteiger partial charge in [-0.25, -0.2) is 0 Å². The standard InChI is InChI=1S/C20H23N3O4/c21-9-3-1-2-4-10-23-12-6-8-14(25)18-16(12)20(27)17-13(24)7-5-11(22)15(17)19(18)26/h5-8,23-25H,1-4,9-10,21-22H2. The van der Waals surface area contributed by atoms with Crippen LogP contribution in [0.1, 0.15) is 57.5 Å². The number of fused-ring (bicyclic) bond motifs is 2. The van der Waals surface area contributed by atoms with E-state index in [4.69, 9.17) is 11.5 Å². The highest BCUT2D eigenvalue weighted by Gasteiger charge is 2.37. The molecule has 1 aliphatic rings. The fourth-order valence-corrected chi connectivity index (χ4v) is 3.38. The molecule has 0 spiro atoms. The van der Waals surface area contributed by atoms with Crippen LogP contribution in [0.3, 0.4) is 0 Å². The molecule has 0 aromatic heterocycles. The number of nitrogens with one attached hydrogen (secondary N) is 1. The summed E-state index contributed by atoms with van der Waals surface area (Å²) in [4.78, 5) is 25.9. The van der Waals surface area contributed by atoms with Crippen LogP contribution in [0.4, 0.5) is 11.4 Å². The summed E-state index contributed by atoms with van der Waals surface area (Å²) in [6, 6.07) is 5.60. The molecule has 0 unspecified atom stereocenters. The van der Waals surface area contributed by atoms with Gasteiger partial charge in [0.25, 0.3) is 0 Å². The van der Waals surface area contributed by atoms with Crippen LogP contribution in [0.5, 0.6) is 11.5 Å². The third kappa shape index (κ3) is 3.33. The molecule has 0 radical (unpaired) electrons. The van der Waals surface area contributed by atoms with Gasteiger partial charge in [0.05, 0.1) is 22.3 Å². The van der Waals surface area contributed by atoms with E-state index in [0.717, 1.165) is 25.7 Å². The Balaban J connectivity index is 1.95. The van der Waals surface area contributed by atoms with Crippen molar-refractivity contribution in [1.82, 2.24) is 0 Å². The van der Waals surface area contributed by atoms with E-state index in [2.05, 4.69) is 5.32 Å². The lowest BCUT2D eigenvalue weighted by Gasteiger charge is -2.23. The number of hydrogen-bond acceptors (Lipinski definition) is 7. The van der Waals surface area contributed by atoms with Crippen molar-refractivity contribution in [3.05, 3.63) is 46.5 Å². The Morgan fingerprint density at radius 2 is 1.37 bits per heavy atom.